The third-order valence-electron chi connectivity index (χ3n) is 5.34. The summed E-state index contributed by atoms with van der Waals surface area (Å²) in [6, 6.07) is 19.3. The first kappa shape index (κ1) is 22.3. The summed E-state index contributed by atoms with van der Waals surface area (Å²) in [6.07, 6.45) is 1.72. The van der Waals surface area contributed by atoms with Gasteiger partial charge >= 0.3 is 0 Å². The predicted molar refractivity (Wildman–Crippen MR) is 134 cm³/mol. The van der Waals surface area contributed by atoms with Crippen molar-refractivity contribution in [2.45, 2.75) is 0 Å². The molecule has 1 aliphatic rings. The van der Waals surface area contributed by atoms with Gasteiger partial charge in [0.15, 0.2) is 0 Å². The number of likely N-dealkylation sites (N-methyl/N-ethyl adjacent to an activating group) is 1. The number of hydrogen-bond donors (Lipinski definition) is 2. The third kappa shape index (κ3) is 5.13. The Morgan fingerprint density at radius 2 is 1.73 bits per heavy atom. The predicted octanol–water partition coefficient (Wildman–Crippen LogP) is 5.18. The number of carbonyl (C=O) groups excluding carboxylic acids is 2. The van der Waals surface area contributed by atoms with E-state index in [2.05, 4.69) is 27.1 Å². The maximum absolute atomic E-state index is 12.9. The average Bonchev–Trinajstić information content (AvgIpc) is 3.26. The molecule has 0 spiro atoms. The number of anilines is 2. The normalized spacial score (nSPS) is 12.8. The molecule has 2 N–H and O–H groups in total. The van der Waals surface area contributed by atoms with Crippen molar-refractivity contribution in [3.05, 3.63) is 101 Å². The summed E-state index contributed by atoms with van der Waals surface area (Å²) in [6.45, 7) is 5.38. The number of benzene rings is 3. The lowest BCUT2D eigenvalue weighted by atomic mass is 10.1. The van der Waals surface area contributed by atoms with Gasteiger partial charge in [0.2, 0.25) is 0 Å². The Balaban J connectivity index is 1.51. The van der Waals surface area contributed by atoms with Crippen LogP contribution < -0.4 is 10.6 Å². The smallest absolute Gasteiger partial charge is 0.257 e. The molecule has 4 rings (SSSR count). The summed E-state index contributed by atoms with van der Waals surface area (Å²) < 4.78 is 0. The molecular formula is C26H23ClN4O2. The quantitative estimate of drug-likeness (QED) is 0.534. The summed E-state index contributed by atoms with van der Waals surface area (Å²) in [4.78, 5) is 32.4. The summed E-state index contributed by atoms with van der Waals surface area (Å²) >= 11 is 6.13. The van der Waals surface area contributed by atoms with Crippen LogP contribution in [0.4, 0.5) is 11.4 Å². The molecule has 0 radical (unpaired) electrons. The standard InChI is InChI=1S/C26H23ClN4O2/c1-3-17-4-11-21(12-5-17)29-26(33)22-16-20(27)10-13-23(22)30-25(32)19-8-6-18(7-9-19)24-28-14-15-31(24)2/h3-13,16H,1,14-15H2,2H3,(H,29,33)(H,30,32). The summed E-state index contributed by atoms with van der Waals surface area (Å²) in [5.41, 5.74) is 3.64. The highest BCUT2D eigenvalue weighted by Gasteiger charge is 2.17. The van der Waals surface area contributed by atoms with Crippen LogP contribution in [0.25, 0.3) is 6.08 Å². The molecule has 3 aromatic rings. The van der Waals surface area contributed by atoms with E-state index < -0.39 is 0 Å². The number of nitrogens with one attached hydrogen (secondary N) is 2. The van der Waals surface area contributed by atoms with Crippen LogP contribution in [-0.4, -0.2) is 42.7 Å². The van der Waals surface area contributed by atoms with E-state index in [-0.39, 0.29) is 17.4 Å². The average molecular weight is 459 g/mol. The molecule has 33 heavy (non-hydrogen) atoms. The Hall–Kier alpha value is -3.90. The molecule has 0 fully saturated rings. The first-order valence-corrected chi connectivity index (χ1v) is 10.8. The molecule has 1 heterocycles. The first-order chi connectivity index (χ1) is 15.9. The van der Waals surface area contributed by atoms with Crippen LogP contribution in [-0.2, 0) is 0 Å². The molecule has 7 heteroatoms. The number of amides is 2. The van der Waals surface area contributed by atoms with Gasteiger partial charge in [0.05, 0.1) is 17.8 Å². The zero-order valence-corrected chi connectivity index (χ0v) is 18.9. The largest absolute Gasteiger partial charge is 0.358 e. The van der Waals surface area contributed by atoms with Gasteiger partial charge in [-0.25, -0.2) is 0 Å². The lowest BCUT2D eigenvalue weighted by Gasteiger charge is -2.14. The van der Waals surface area contributed by atoms with E-state index in [9.17, 15) is 9.59 Å². The zero-order chi connectivity index (χ0) is 23.4. The molecule has 0 unspecified atom stereocenters. The second-order valence-electron chi connectivity index (χ2n) is 7.63. The summed E-state index contributed by atoms with van der Waals surface area (Å²) in [7, 11) is 1.99. The molecule has 0 saturated heterocycles. The third-order valence-corrected chi connectivity index (χ3v) is 5.58. The molecule has 1 aliphatic heterocycles. The topological polar surface area (TPSA) is 73.8 Å². The van der Waals surface area contributed by atoms with Crippen molar-refractivity contribution in [2.75, 3.05) is 30.8 Å². The van der Waals surface area contributed by atoms with E-state index in [1.165, 1.54) is 6.07 Å². The van der Waals surface area contributed by atoms with Crippen molar-refractivity contribution in [2.24, 2.45) is 4.99 Å². The molecule has 0 atom stereocenters. The van der Waals surface area contributed by atoms with E-state index >= 15 is 0 Å². The number of hydrogen-bond acceptors (Lipinski definition) is 4. The van der Waals surface area contributed by atoms with E-state index in [0.29, 0.717) is 22.0 Å². The summed E-state index contributed by atoms with van der Waals surface area (Å²) in [5, 5.41) is 6.05. The summed E-state index contributed by atoms with van der Waals surface area (Å²) in [5.74, 6) is 0.214. The molecule has 0 aromatic heterocycles. The van der Waals surface area contributed by atoms with Crippen LogP contribution in [0.1, 0.15) is 31.8 Å². The molecule has 0 bridgehead atoms. The minimum atomic E-state index is -0.378. The van der Waals surface area contributed by atoms with Gasteiger partial charge in [-0.2, -0.15) is 0 Å². The number of rotatable bonds is 6. The van der Waals surface area contributed by atoms with Gasteiger partial charge in [-0.1, -0.05) is 48.5 Å². The van der Waals surface area contributed by atoms with E-state index in [1.54, 1.807) is 42.5 Å². The van der Waals surface area contributed by atoms with E-state index in [0.717, 1.165) is 30.1 Å². The second-order valence-corrected chi connectivity index (χ2v) is 8.06. The monoisotopic (exact) mass is 458 g/mol. The highest BCUT2D eigenvalue weighted by atomic mass is 35.5. The van der Waals surface area contributed by atoms with Crippen molar-refractivity contribution in [3.63, 3.8) is 0 Å². The first-order valence-electron chi connectivity index (χ1n) is 10.5. The van der Waals surface area contributed by atoms with Gasteiger partial charge in [-0.05, 0) is 48.0 Å². The number of amidine groups is 1. The maximum atomic E-state index is 12.9. The Morgan fingerprint density at radius 1 is 1.00 bits per heavy atom. The van der Waals surface area contributed by atoms with Crippen LogP contribution in [0.2, 0.25) is 5.02 Å². The molecule has 0 saturated carbocycles. The number of halogens is 1. The van der Waals surface area contributed by atoms with Crippen molar-refractivity contribution >= 4 is 46.7 Å². The fourth-order valence-electron chi connectivity index (χ4n) is 3.52. The minimum Gasteiger partial charge on any atom is -0.358 e. The van der Waals surface area contributed by atoms with Crippen LogP contribution in [0.3, 0.4) is 0 Å². The van der Waals surface area contributed by atoms with Crippen molar-refractivity contribution in [1.29, 1.82) is 0 Å². The highest BCUT2D eigenvalue weighted by molar-refractivity contribution is 6.31. The van der Waals surface area contributed by atoms with E-state index in [4.69, 9.17) is 11.6 Å². The van der Waals surface area contributed by atoms with Crippen molar-refractivity contribution < 1.29 is 9.59 Å². The Morgan fingerprint density at radius 3 is 2.36 bits per heavy atom. The van der Waals surface area contributed by atoms with Gasteiger partial charge in [0.25, 0.3) is 11.8 Å². The van der Waals surface area contributed by atoms with Gasteiger partial charge in [0, 0.05) is 35.4 Å². The van der Waals surface area contributed by atoms with Gasteiger partial charge in [-0.3, -0.25) is 14.6 Å². The number of aliphatic imine (C=N–C) groups is 1. The molecule has 3 aromatic carbocycles. The van der Waals surface area contributed by atoms with E-state index in [1.807, 2.05) is 31.3 Å². The second kappa shape index (κ2) is 9.71. The van der Waals surface area contributed by atoms with Crippen molar-refractivity contribution in [3.8, 4) is 0 Å². The highest BCUT2D eigenvalue weighted by Crippen LogP contribution is 2.23. The Kier molecular flexibility index (Phi) is 6.56. The fourth-order valence-corrected chi connectivity index (χ4v) is 3.70. The molecule has 6 nitrogen and oxygen atoms in total. The number of nitrogens with zero attached hydrogens (tertiary/aromatic N) is 2. The molecule has 0 aliphatic carbocycles. The Bertz CT molecular complexity index is 1230. The van der Waals surface area contributed by atoms with Crippen LogP contribution in [0.5, 0.6) is 0 Å². The van der Waals surface area contributed by atoms with Crippen molar-refractivity contribution in [1.82, 2.24) is 4.90 Å². The SMILES string of the molecule is C=Cc1ccc(NC(=O)c2cc(Cl)ccc2NC(=O)c2ccc(C3=NCCN3C)cc2)cc1. The Labute approximate surface area is 197 Å². The lowest BCUT2D eigenvalue weighted by Crippen LogP contribution is -2.23. The maximum Gasteiger partial charge on any atom is 0.257 e. The van der Waals surface area contributed by atoms with Gasteiger partial charge < -0.3 is 15.5 Å². The van der Waals surface area contributed by atoms with Crippen LogP contribution >= 0.6 is 11.6 Å². The van der Waals surface area contributed by atoms with Crippen LogP contribution in [0.15, 0.2) is 78.3 Å². The lowest BCUT2D eigenvalue weighted by molar-refractivity contribution is 0.102. The minimum absolute atomic E-state index is 0.266. The molecular weight excluding hydrogens is 436 g/mol. The molecule has 166 valence electrons. The molecule has 2 amide bonds. The fraction of sp³-hybridized carbons (Fsp3) is 0.115. The van der Waals surface area contributed by atoms with Gasteiger partial charge in [-0.15, -0.1) is 0 Å². The zero-order valence-electron chi connectivity index (χ0n) is 18.1. The van der Waals surface area contributed by atoms with Crippen LogP contribution in [0, 0.1) is 0 Å². The number of carbonyl (C=O) groups is 2. The van der Waals surface area contributed by atoms with Gasteiger partial charge in [0.1, 0.15) is 5.84 Å².